The standard InChI is InChI=1S/C72H56O16/c1-44-2-4-45(5-3-44)38-83-62-29-59(30-63(35-62)84-39-46-6-16-51(17-7-46)68(73)74)56-26-57(60-31-64(85-40-47-8-18-52(19-9-47)69(75)76)36-65(32-60)86-41-48-10-20-53(21-11-48)70(77)78)28-58(27-56)61-33-66(87-42-49-12-22-54(23-13-49)71(79)80)37-67(34-61)88-43-50-14-24-55(25-15-50)72(81)82/h2-37H,38-43H2,1H3,(H,73,74)(H,75,76)(H,77,78)(H,79,80)(H,81,82). The fourth-order valence-corrected chi connectivity index (χ4v) is 9.24. The number of benzene rings is 10. The lowest BCUT2D eigenvalue weighted by Gasteiger charge is -2.17. The van der Waals surface area contributed by atoms with Crippen molar-refractivity contribution in [1.82, 2.24) is 0 Å². The molecule has 0 atom stereocenters. The van der Waals surface area contributed by atoms with Crippen molar-refractivity contribution in [2.45, 2.75) is 46.6 Å². The van der Waals surface area contributed by atoms with Gasteiger partial charge in [0.2, 0.25) is 0 Å². The molecule has 0 aromatic heterocycles. The zero-order valence-electron chi connectivity index (χ0n) is 47.3. The summed E-state index contributed by atoms with van der Waals surface area (Å²) >= 11 is 0. The highest BCUT2D eigenvalue weighted by Crippen LogP contribution is 2.41. The third-order valence-electron chi connectivity index (χ3n) is 14.1. The Bertz CT molecular complexity index is 3810. The predicted octanol–water partition coefficient (Wildman–Crippen LogP) is 15.0. The molecule has 0 heterocycles. The Morgan fingerprint density at radius 2 is 0.398 bits per heavy atom. The maximum absolute atomic E-state index is 11.7. The molecule has 10 aromatic rings. The summed E-state index contributed by atoms with van der Waals surface area (Å²) < 4.78 is 38.8. The maximum atomic E-state index is 11.7. The van der Waals surface area contributed by atoms with Crippen LogP contribution in [-0.4, -0.2) is 55.4 Å². The van der Waals surface area contributed by atoms with Crippen LogP contribution < -0.4 is 28.4 Å². The summed E-state index contributed by atoms with van der Waals surface area (Å²) in [5.41, 5.74) is 10.2. The van der Waals surface area contributed by atoms with Crippen LogP contribution in [0.4, 0.5) is 0 Å². The van der Waals surface area contributed by atoms with Gasteiger partial charge in [-0.05, 0) is 189 Å². The lowest BCUT2D eigenvalue weighted by atomic mass is 9.92. The minimum atomic E-state index is -1.06. The first-order valence-electron chi connectivity index (χ1n) is 27.6. The molecule has 0 aliphatic heterocycles. The third-order valence-corrected chi connectivity index (χ3v) is 14.1. The number of carboxylic acid groups (broad SMARTS) is 5. The second-order valence-electron chi connectivity index (χ2n) is 20.6. The summed E-state index contributed by atoms with van der Waals surface area (Å²) in [5, 5.41) is 47.8. The molecule has 0 aliphatic rings. The second-order valence-corrected chi connectivity index (χ2v) is 20.6. The van der Waals surface area contributed by atoms with Gasteiger partial charge in [0, 0.05) is 18.2 Å². The fourth-order valence-electron chi connectivity index (χ4n) is 9.24. The van der Waals surface area contributed by atoms with Crippen molar-refractivity contribution in [1.29, 1.82) is 0 Å². The average molecular weight is 1180 g/mol. The molecule has 16 nitrogen and oxygen atoms in total. The van der Waals surface area contributed by atoms with Gasteiger partial charge < -0.3 is 54.0 Å². The molecule has 0 fully saturated rings. The lowest BCUT2D eigenvalue weighted by Crippen LogP contribution is -2.01. The molecule has 5 N–H and O–H groups in total. The molecule has 0 saturated carbocycles. The van der Waals surface area contributed by atoms with Gasteiger partial charge in [0.15, 0.2) is 0 Å². The Kier molecular flexibility index (Phi) is 18.5. The monoisotopic (exact) mass is 1180 g/mol. The maximum Gasteiger partial charge on any atom is 0.335 e. The van der Waals surface area contributed by atoms with E-state index in [-0.39, 0.29) is 67.5 Å². The molecule has 10 rings (SSSR count). The van der Waals surface area contributed by atoms with Gasteiger partial charge in [0.1, 0.15) is 74.1 Å². The van der Waals surface area contributed by atoms with Crippen LogP contribution in [0.5, 0.6) is 34.5 Å². The summed E-state index contributed by atoms with van der Waals surface area (Å²) in [4.78, 5) is 58.4. The van der Waals surface area contributed by atoms with Crippen LogP contribution in [0.2, 0.25) is 0 Å². The Morgan fingerprint density at radius 3 is 0.568 bits per heavy atom. The van der Waals surface area contributed by atoms with Gasteiger partial charge in [0.25, 0.3) is 0 Å². The van der Waals surface area contributed by atoms with Crippen molar-refractivity contribution in [3.05, 3.63) is 285 Å². The number of aryl methyl sites for hydroxylation is 1. The van der Waals surface area contributed by atoms with Crippen molar-refractivity contribution in [2.24, 2.45) is 0 Å². The number of rotatable bonds is 26. The molecule has 0 radical (unpaired) electrons. The molecule has 0 amide bonds. The smallest absolute Gasteiger partial charge is 0.335 e. The van der Waals surface area contributed by atoms with Crippen LogP contribution >= 0.6 is 0 Å². The Hall–Kier alpha value is -11.7. The first kappa shape index (κ1) is 59.5. The number of ether oxygens (including phenoxy) is 6. The van der Waals surface area contributed by atoms with E-state index >= 15 is 0 Å². The Labute approximate surface area is 505 Å². The molecule has 0 spiro atoms. The molecule has 10 aromatic carbocycles. The van der Waals surface area contributed by atoms with Crippen LogP contribution in [0.3, 0.4) is 0 Å². The van der Waals surface area contributed by atoms with Gasteiger partial charge in [-0.3, -0.25) is 0 Å². The summed E-state index contributed by atoms with van der Waals surface area (Å²) in [5.74, 6) is -2.75. The summed E-state index contributed by atoms with van der Waals surface area (Å²) in [6, 6.07) is 62.2. The molecule has 88 heavy (non-hydrogen) atoms. The van der Waals surface area contributed by atoms with Gasteiger partial charge in [-0.15, -0.1) is 0 Å². The first-order valence-corrected chi connectivity index (χ1v) is 27.6. The number of aromatic carboxylic acids is 5. The van der Waals surface area contributed by atoms with Gasteiger partial charge in [0.05, 0.1) is 27.8 Å². The zero-order chi connectivity index (χ0) is 61.7. The Balaban J connectivity index is 1.10. The Morgan fingerprint density at radius 1 is 0.239 bits per heavy atom. The quantitative estimate of drug-likeness (QED) is 0.0338. The van der Waals surface area contributed by atoms with Crippen LogP contribution in [0.25, 0.3) is 33.4 Å². The molecular weight excluding hydrogens is 1120 g/mol. The van der Waals surface area contributed by atoms with Crippen molar-refractivity contribution >= 4 is 29.8 Å². The highest BCUT2D eigenvalue weighted by Gasteiger charge is 2.17. The highest BCUT2D eigenvalue weighted by molar-refractivity contribution is 5.90. The SMILES string of the molecule is Cc1ccc(COc2cc(OCc3ccc(C(=O)O)cc3)cc(-c3cc(-c4cc(OCc5ccc(C(=O)O)cc5)cc(OCc5ccc(C(=O)O)cc5)c4)cc(-c4cc(OCc5ccc(C(=O)O)cc5)cc(OCc5ccc(C(=O)O)cc5)c4)c3)c2)cc1. The highest BCUT2D eigenvalue weighted by atomic mass is 16.5. The van der Waals surface area contributed by atoms with Crippen LogP contribution in [0, 0.1) is 6.92 Å². The predicted molar refractivity (Wildman–Crippen MR) is 327 cm³/mol. The van der Waals surface area contributed by atoms with E-state index in [0.717, 1.165) is 16.7 Å². The van der Waals surface area contributed by atoms with E-state index in [1.165, 1.54) is 60.7 Å². The van der Waals surface area contributed by atoms with E-state index in [9.17, 15) is 49.5 Å². The number of hydrogen-bond donors (Lipinski definition) is 5. The van der Waals surface area contributed by atoms with Crippen LogP contribution in [-0.2, 0) is 39.6 Å². The number of carbonyl (C=O) groups is 5. The largest absolute Gasteiger partial charge is 0.489 e. The molecule has 16 heteroatoms. The van der Waals surface area contributed by atoms with Gasteiger partial charge in [-0.1, -0.05) is 90.5 Å². The van der Waals surface area contributed by atoms with Crippen LogP contribution in [0.1, 0.15) is 90.7 Å². The third kappa shape index (κ3) is 16.0. The van der Waals surface area contributed by atoms with Crippen LogP contribution in [0.15, 0.2) is 218 Å². The number of hydrogen-bond acceptors (Lipinski definition) is 11. The van der Waals surface area contributed by atoms with Gasteiger partial charge >= 0.3 is 29.8 Å². The second kappa shape index (κ2) is 27.4. The van der Waals surface area contributed by atoms with E-state index in [2.05, 4.69) is 0 Å². The number of carboxylic acids is 5. The topological polar surface area (TPSA) is 242 Å². The lowest BCUT2D eigenvalue weighted by molar-refractivity contribution is 0.0686. The summed E-state index contributed by atoms with van der Waals surface area (Å²) in [6.45, 7) is 2.60. The summed E-state index contributed by atoms with van der Waals surface area (Å²) in [7, 11) is 0. The molecule has 0 saturated heterocycles. The minimum absolute atomic E-state index is 0.0650. The normalized spacial score (nSPS) is 10.8. The molecular formula is C72H56O16. The van der Waals surface area contributed by atoms with Crippen molar-refractivity contribution in [2.75, 3.05) is 0 Å². The van der Waals surface area contributed by atoms with Crippen molar-refractivity contribution in [3.63, 3.8) is 0 Å². The van der Waals surface area contributed by atoms with Gasteiger partial charge in [-0.25, -0.2) is 24.0 Å². The van der Waals surface area contributed by atoms with Crippen molar-refractivity contribution < 1.29 is 77.9 Å². The molecule has 440 valence electrons. The minimum Gasteiger partial charge on any atom is -0.489 e. The molecule has 0 unspecified atom stereocenters. The van der Waals surface area contributed by atoms with Gasteiger partial charge in [-0.2, -0.15) is 0 Å². The van der Waals surface area contributed by atoms with E-state index in [0.29, 0.717) is 90.1 Å². The average Bonchev–Trinajstić information content (AvgIpc) is 2.27. The van der Waals surface area contributed by atoms with E-state index in [1.54, 1.807) is 78.9 Å². The fraction of sp³-hybridized carbons (Fsp3) is 0.0972. The molecule has 0 aliphatic carbocycles. The van der Waals surface area contributed by atoms with E-state index in [1.807, 2.05) is 85.8 Å². The van der Waals surface area contributed by atoms with E-state index in [4.69, 9.17) is 28.4 Å². The van der Waals surface area contributed by atoms with E-state index < -0.39 is 29.8 Å². The van der Waals surface area contributed by atoms with Crippen molar-refractivity contribution in [3.8, 4) is 67.9 Å². The zero-order valence-corrected chi connectivity index (χ0v) is 47.3. The summed E-state index contributed by atoms with van der Waals surface area (Å²) in [6.07, 6.45) is 0. The first-order chi connectivity index (χ1) is 42.5. The molecule has 0 bridgehead atoms.